The van der Waals surface area contributed by atoms with Gasteiger partial charge in [0.1, 0.15) is 5.65 Å². The van der Waals surface area contributed by atoms with E-state index in [1.165, 1.54) is 127 Å². The first kappa shape index (κ1) is 88.7. The standard InChI is InChI=1S/C26H18N3.2C24H16N3.3C14H12N2.3Ir/c1-16-8-7-9-17(2)24(16)22-15-29-23-14-27-21-13-6-5-12-20(21)25(23)18-10-3-4-11-19(18)26(29)28-22;1-14-5-3-6-15(2)21(14)19-13-27-20-12-25-11-17-10-9-16-7-4-8-18(24(27)26-19)22(16)23(17)20;1-14-5-3-6-15(2)20(14)19-13-27-23(26-19)18-8-4-7-16-9-10-17-11-12-25-24(27)22(17)21(16)18;3*1-15-11-16(12-7-3-2-4-8-12)14-10-6-5-9-13(14)15;;;/h3-10,12-15H,1-2H3;2*3-7,9-13H,1-2H3;3*2-7,9-11H,1H3;;;/q3*-1;3*-2;3*+3. The largest absolute Gasteiger partial charge is 3.00 e. The van der Waals surface area contributed by atoms with Crippen LogP contribution in [0.15, 0.2) is 341 Å². The maximum atomic E-state index is 5.07. The van der Waals surface area contributed by atoms with Crippen molar-refractivity contribution in [3.63, 3.8) is 0 Å². The number of anilines is 9. The minimum absolute atomic E-state index is 0. The quantitative estimate of drug-likeness (QED) is 0.117. The van der Waals surface area contributed by atoms with Crippen molar-refractivity contribution in [3.8, 4) is 33.8 Å². The Hall–Kier alpha value is -14.6. The van der Waals surface area contributed by atoms with E-state index in [1.807, 2.05) is 110 Å². The van der Waals surface area contributed by atoms with Gasteiger partial charge in [-0.3, -0.25) is 24.9 Å². The number of imidazole rings is 3. The summed E-state index contributed by atoms with van der Waals surface area (Å²) in [5.74, 6) is 0. The summed E-state index contributed by atoms with van der Waals surface area (Å²) in [4.78, 5) is 41.9. The number of pyridine rings is 6. The van der Waals surface area contributed by atoms with E-state index in [1.54, 1.807) is 0 Å². The predicted molar refractivity (Wildman–Crippen MR) is 540 cm³/mol. The van der Waals surface area contributed by atoms with Gasteiger partial charge >= 0.3 is 60.3 Å². The molecule has 3 aliphatic heterocycles. The van der Waals surface area contributed by atoms with Crippen molar-refractivity contribution in [3.05, 3.63) is 430 Å². The van der Waals surface area contributed by atoms with Crippen molar-refractivity contribution >= 4 is 166 Å². The molecule has 0 saturated heterocycles. The van der Waals surface area contributed by atoms with Crippen LogP contribution < -0.4 is 29.4 Å². The van der Waals surface area contributed by atoms with Gasteiger partial charge in [0.25, 0.3) is 0 Å². The van der Waals surface area contributed by atoms with Crippen molar-refractivity contribution < 1.29 is 60.3 Å². The van der Waals surface area contributed by atoms with Gasteiger partial charge in [0.05, 0.1) is 56.8 Å². The fourth-order valence-electron chi connectivity index (χ4n) is 19.3. The number of hydrogen-bond acceptors (Lipinski definition) is 12. The number of para-hydroxylation sites is 10. The molecule has 12 heterocycles. The molecule has 9 aromatic heterocycles. The molecule has 0 unspecified atom stereocenters. The Balaban J connectivity index is 0.000000105. The van der Waals surface area contributed by atoms with Crippen LogP contribution in [0.5, 0.6) is 0 Å². The van der Waals surface area contributed by atoms with Crippen LogP contribution in [-0.2, 0) is 60.3 Å². The Morgan fingerprint density at radius 2 is 0.642 bits per heavy atom. The van der Waals surface area contributed by atoms with Gasteiger partial charge in [-0.05, 0) is 172 Å². The second kappa shape index (κ2) is 37.2. The van der Waals surface area contributed by atoms with E-state index in [-0.39, 0.29) is 60.3 Å². The van der Waals surface area contributed by atoms with E-state index in [0.717, 1.165) is 106 Å². The number of benzene rings is 15. The molecule has 0 spiro atoms. The molecular weight excluding hydrogens is 2180 g/mol. The number of nitrogens with zero attached hydrogens (tertiary/aromatic N) is 15. The van der Waals surface area contributed by atoms with Gasteiger partial charge < -0.3 is 42.6 Å². The fourth-order valence-corrected chi connectivity index (χ4v) is 19.3. The number of hydrogen-bond donors (Lipinski definition) is 0. The van der Waals surface area contributed by atoms with Gasteiger partial charge in [0, 0.05) is 93.4 Å². The first-order valence-electron chi connectivity index (χ1n) is 43.9. The number of aromatic nitrogens is 9. The molecule has 0 amide bonds. The third-order valence-electron chi connectivity index (χ3n) is 25.3. The summed E-state index contributed by atoms with van der Waals surface area (Å²) >= 11 is 0. The Morgan fingerprint density at radius 3 is 1.10 bits per heavy atom. The monoisotopic (exact) mass is 2270 g/mol. The molecule has 18 heteroatoms. The zero-order valence-electron chi connectivity index (χ0n) is 74.8. The molecular formula is C116H86Ir3N15. The molecule has 24 aromatic rings. The van der Waals surface area contributed by atoms with Crippen LogP contribution in [0.3, 0.4) is 0 Å². The molecule has 134 heavy (non-hydrogen) atoms. The molecule has 0 radical (unpaired) electrons. The molecule has 0 atom stereocenters. The van der Waals surface area contributed by atoms with Gasteiger partial charge in [-0.1, -0.05) is 160 Å². The van der Waals surface area contributed by atoms with Gasteiger partial charge in [0.15, 0.2) is 0 Å². The normalized spacial score (nSPS) is 12.5. The molecule has 15 aromatic carbocycles. The summed E-state index contributed by atoms with van der Waals surface area (Å²) in [6.45, 7) is 19.1. The van der Waals surface area contributed by atoms with Gasteiger partial charge in [-0.2, -0.15) is 111 Å². The summed E-state index contributed by atoms with van der Waals surface area (Å²) in [5, 5.41) is 16.2. The summed E-state index contributed by atoms with van der Waals surface area (Å²) in [6.07, 6.45) is 14.1. The maximum absolute atomic E-state index is 5.07. The van der Waals surface area contributed by atoms with Crippen LogP contribution in [0.25, 0.3) is 148 Å². The summed E-state index contributed by atoms with van der Waals surface area (Å²) in [7, 11) is 6.17. The van der Waals surface area contributed by atoms with Crippen LogP contribution in [0.2, 0.25) is 0 Å². The van der Waals surface area contributed by atoms with E-state index in [4.69, 9.17) is 24.9 Å². The number of fused-ring (bicyclic) bond motifs is 17. The van der Waals surface area contributed by atoms with Crippen LogP contribution in [0.4, 0.5) is 51.2 Å². The molecule has 27 rings (SSSR count). The molecule has 0 bridgehead atoms. The second-order valence-electron chi connectivity index (χ2n) is 33.5. The van der Waals surface area contributed by atoms with E-state index in [2.05, 4.69) is 398 Å². The summed E-state index contributed by atoms with van der Waals surface area (Å²) in [6, 6.07) is 122. The van der Waals surface area contributed by atoms with Gasteiger partial charge in [-0.15, -0.1) is 93.9 Å². The Labute approximate surface area is 818 Å². The average molecular weight is 2270 g/mol. The Bertz CT molecular complexity index is 7780. The van der Waals surface area contributed by atoms with E-state index >= 15 is 0 Å². The van der Waals surface area contributed by atoms with Crippen LogP contribution in [0.1, 0.15) is 33.4 Å². The zero-order valence-corrected chi connectivity index (χ0v) is 82.0. The SMILES string of the molecule is CN1[CH-]N(c2[c-]cccc2)c2ccccc21.CN1[CH-]N(c2[c-]cccc2)c2ccccc21.CN1[CH-]N(c2[c-]cccc2)c2ccccc21.Cc1cccc(C)c1-c1cn2c(n1)c1[c-]ccc3ccc4ccnc2c4c31.Cc1cccc(C)c1-c1cn2c3cnc4ccccc4c3c3ccc[c-]c3c2n1.Cc1cccc(C)c1-c1cn2c3cncc4ccc5cc[c-]c(c5c43)c2n1.[Ir+3].[Ir+3].[Ir+3]. The minimum atomic E-state index is 0. The molecule has 0 saturated carbocycles. The molecule has 0 aliphatic carbocycles. The van der Waals surface area contributed by atoms with E-state index < -0.39 is 0 Å². The van der Waals surface area contributed by atoms with E-state index in [9.17, 15) is 0 Å². The third-order valence-corrected chi connectivity index (χ3v) is 25.3. The molecule has 15 nitrogen and oxygen atoms in total. The smallest absolute Gasteiger partial charge is 0.504 e. The summed E-state index contributed by atoms with van der Waals surface area (Å²) < 4.78 is 6.48. The molecule has 652 valence electrons. The second-order valence-corrected chi connectivity index (χ2v) is 33.5. The predicted octanol–water partition coefficient (Wildman–Crippen LogP) is 27.3. The van der Waals surface area contributed by atoms with Crippen molar-refractivity contribution in [1.82, 2.24) is 43.1 Å². The van der Waals surface area contributed by atoms with Gasteiger partial charge in [-0.25, -0.2) is 4.98 Å². The van der Waals surface area contributed by atoms with Gasteiger partial charge in [0.2, 0.25) is 0 Å². The van der Waals surface area contributed by atoms with Crippen molar-refractivity contribution in [2.45, 2.75) is 41.5 Å². The Morgan fingerprint density at radius 1 is 0.269 bits per heavy atom. The molecule has 0 fully saturated rings. The maximum Gasteiger partial charge on any atom is 3.00 e. The van der Waals surface area contributed by atoms with Crippen LogP contribution in [0, 0.1) is 97.9 Å². The van der Waals surface area contributed by atoms with Crippen molar-refractivity contribution in [2.24, 2.45) is 0 Å². The van der Waals surface area contributed by atoms with Crippen molar-refractivity contribution in [2.75, 3.05) is 50.5 Å². The fraction of sp³-hybridized carbons (Fsp3) is 0.0776. The summed E-state index contributed by atoms with van der Waals surface area (Å²) in [5.41, 5.74) is 31.3. The first-order chi connectivity index (χ1) is 64.2. The Kier molecular flexibility index (Phi) is 24.6. The van der Waals surface area contributed by atoms with E-state index in [0.29, 0.717) is 0 Å². The van der Waals surface area contributed by atoms with Crippen LogP contribution >= 0.6 is 0 Å². The number of rotatable bonds is 6. The third kappa shape index (κ3) is 15.8. The average Bonchev–Trinajstić information content (AvgIpc) is 1.47. The molecule has 0 N–H and O–H groups in total. The number of aryl methyl sites for hydroxylation is 6. The minimum Gasteiger partial charge on any atom is -0.504 e. The van der Waals surface area contributed by atoms with Crippen molar-refractivity contribution in [1.29, 1.82) is 0 Å². The van der Waals surface area contributed by atoms with Crippen LogP contribution in [-0.4, -0.2) is 64.2 Å². The first-order valence-corrected chi connectivity index (χ1v) is 43.9. The topological polar surface area (TPSA) is 110 Å². The molecule has 3 aliphatic rings. The zero-order chi connectivity index (χ0) is 88.6.